The Morgan fingerprint density at radius 2 is 1.69 bits per heavy atom. The van der Waals surface area contributed by atoms with Gasteiger partial charge in [-0.2, -0.15) is 0 Å². The Bertz CT molecular complexity index is 914. The Labute approximate surface area is 172 Å². The van der Waals surface area contributed by atoms with Crippen molar-refractivity contribution in [3.05, 3.63) is 47.0 Å². The molecule has 3 N–H and O–H groups in total. The van der Waals surface area contributed by atoms with Gasteiger partial charge in [0.05, 0.1) is 17.2 Å². The molecular weight excluding hydrogens is 400 g/mol. The van der Waals surface area contributed by atoms with Crippen LogP contribution in [0.4, 0.5) is 11.4 Å². The van der Waals surface area contributed by atoms with Crippen molar-refractivity contribution in [2.24, 2.45) is 0 Å². The van der Waals surface area contributed by atoms with E-state index < -0.39 is 18.0 Å². The van der Waals surface area contributed by atoms with E-state index in [-0.39, 0.29) is 34.6 Å². The van der Waals surface area contributed by atoms with E-state index >= 15 is 0 Å². The fraction of sp³-hybridized carbons (Fsp3) is 0.250. The molecule has 0 aliphatic carbocycles. The number of hydrogen-bond acceptors (Lipinski definition) is 6. The topological polar surface area (TPSA) is 114 Å². The highest BCUT2D eigenvalue weighted by Gasteiger charge is 2.21. The number of carbonyl (C=O) groups is 3. The van der Waals surface area contributed by atoms with E-state index in [0.717, 1.165) is 0 Å². The molecule has 0 radical (unpaired) electrons. The Morgan fingerprint density at radius 3 is 2.24 bits per heavy atom. The van der Waals surface area contributed by atoms with Crippen molar-refractivity contribution < 1.29 is 29.0 Å². The largest absolute Gasteiger partial charge is 0.503 e. The average molecular weight is 421 g/mol. The van der Waals surface area contributed by atoms with Gasteiger partial charge in [0.1, 0.15) is 0 Å². The summed E-state index contributed by atoms with van der Waals surface area (Å²) in [5.41, 5.74) is 1.10. The molecule has 154 valence electrons. The predicted octanol–water partition coefficient (Wildman–Crippen LogP) is 3.59. The zero-order chi connectivity index (χ0) is 21.6. The van der Waals surface area contributed by atoms with E-state index in [9.17, 15) is 19.5 Å². The van der Waals surface area contributed by atoms with Crippen LogP contribution in [0.3, 0.4) is 0 Å². The highest BCUT2D eigenvalue weighted by atomic mass is 35.5. The third-order valence-corrected chi connectivity index (χ3v) is 3.98. The maximum absolute atomic E-state index is 12.3. The van der Waals surface area contributed by atoms with Crippen LogP contribution in [-0.2, 0) is 14.3 Å². The van der Waals surface area contributed by atoms with E-state index in [1.807, 2.05) is 0 Å². The molecule has 2 rings (SSSR count). The second-order valence-corrected chi connectivity index (χ2v) is 6.44. The van der Waals surface area contributed by atoms with Gasteiger partial charge in [0.15, 0.2) is 17.6 Å². The lowest BCUT2D eigenvalue weighted by Gasteiger charge is -2.15. The second-order valence-electron chi connectivity index (χ2n) is 6.03. The third-order valence-electron chi connectivity index (χ3n) is 3.69. The van der Waals surface area contributed by atoms with E-state index in [1.165, 1.54) is 26.0 Å². The summed E-state index contributed by atoms with van der Waals surface area (Å²) in [5, 5.41) is 15.0. The first-order valence-electron chi connectivity index (χ1n) is 8.76. The van der Waals surface area contributed by atoms with E-state index in [1.54, 1.807) is 31.2 Å². The van der Waals surface area contributed by atoms with Crippen LogP contribution >= 0.6 is 11.6 Å². The first-order valence-corrected chi connectivity index (χ1v) is 9.13. The first-order chi connectivity index (χ1) is 13.7. The second kappa shape index (κ2) is 9.79. The lowest BCUT2D eigenvalue weighted by molar-refractivity contribution is -0.123. The van der Waals surface area contributed by atoms with E-state index in [4.69, 9.17) is 21.1 Å². The number of aromatic hydroxyl groups is 1. The Hall–Kier alpha value is -3.26. The highest BCUT2D eigenvalue weighted by molar-refractivity contribution is 6.32. The number of phenolic OH excluding ortho intramolecular Hbond substituents is 1. The molecule has 1 atom stereocenters. The summed E-state index contributed by atoms with van der Waals surface area (Å²) < 4.78 is 10.4. The number of anilines is 2. The van der Waals surface area contributed by atoms with Crippen molar-refractivity contribution >= 4 is 40.8 Å². The van der Waals surface area contributed by atoms with Crippen LogP contribution in [0, 0.1) is 0 Å². The molecule has 0 aliphatic rings. The van der Waals surface area contributed by atoms with Crippen molar-refractivity contribution in [3.8, 4) is 11.5 Å². The molecule has 0 spiro atoms. The average Bonchev–Trinajstić information content (AvgIpc) is 2.66. The summed E-state index contributed by atoms with van der Waals surface area (Å²) in [6.45, 7) is 4.80. The molecule has 0 heterocycles. The third kappa shape index (κ3) is 6.11. The number of amides is 2. The van der Waals surface area contributed by atoms with Gasteiger partial charge >= 0.3 is 5.97 Å². The Balaban J connectivity index is 2.02. The molecule has 29 heavy (non-hydrogen) atoms. The number of ether oxygens (including phenoxy) is 2. The van der Waals surface area contributed by atoms with Crippen molar-refractivity contribution in [3.63, 3.8) is 0 Å². The zero-order valence-corrected chi connectivity index (χ0v) is 16.9. The Kier molecular flexibility index (Phi) is 7.44. The molecule has 2 amide bonds. The molecule has 0 bridgehead atoms. The smallest absolute Gasteiger partial charge is 0.339 e. The monoisotopic (exact) mass is 420 g/mol. The van der Waals surface area contributed by atoms with E-state index in [0.29, 0.717) is 11.4 Å². The van der Waals surface area contributed by atoms with Crippen molar-refractivity contribution in [1.29, 1.82) is 0 Å². The molecule has 9 heteroatoms. The molecule has 0 aromatic heterocycles. The van der Waals surface area contributed by atoms with Gasteiger partial charge in [-0.25, -0.2) is 4.79 Å². The molecule has 0 unspecified atom stereocenters. The number of benzene rings is 2. The van der Waals surface area contributed by atoms with Gasteiger partial charge in [0, 0.05) is 18.3 Å². The van der Waals surface area contributed by atoms with Gasteiger partial charge in [-0.1, -0.05) is 11.6 Å². The summed E-state index contributed by atoms with van der Waals surface area (Å²) in [5.74, 6) is -1.77. The number of rotatable bonds is 7. The van der Waals surface area contributed by atoms with Crippen LogP contribution in [0.15, 0.2) is 36.4 Å². The predicted molar refractivity (Wildman–Crippen MR) is 109 cm³/mol. The molecule has 2 aromatic rings. The number of halogens is 1. The number of esters is 1. The molecular formula is C20H21ClN2O6. The number of nitrogens with one attached hydrogen (secondary N) is 2. The van der Waals surface area contributed by atoms with Crippen molar-refractivity contribution in [2.45, 2.75) is 26.9 Å². The van der Waals surface area contributed by atoms with Gasteiger partial charge < -0.3 is 25.2 Å². The summed E-state index contributed by atoms with van der Waals surface area (Å²) in [6, 6.07) is 8.98. The molecule has 0 aliphatic heterocycles. The summed E-state index contributed by atoms with van der Waals surface area (Å²) in [7, 11) is 0. The van der Waals surface area contributed by atoms with E-state index in [2.05, 4.69) is 10.6 Å². The van der Waals surface area contributed by atoms with Gasteiger partial charge in [-0.3, -0.25) is 9.59 Å². The van der Waals surface area contributed by atoms with Crippen LogP contribution < -0.4 is 15.4 Å². The lowest BCUT2D eigenvalue weighted by Crippen LogP contribution is -2.30. The molecule has 0 fully saturated rings. The lowest BCUT2D eigenvalue weighted by atomic mass is 10.2. The molecule has 0 saturated heterocycles. The van der Waals surface area contributed by atoms with Gasteiger partial charge in [-0.15, -0.1) is 0 Å². The molecule has 0 saturated carbocycles. The quantitative estimate of drug-likeness (QED) is 0.590. The minimum absolute atomic E-state index is 0.0376. The first kappa shape index (κ1) is 22.0. The standard InChI is InChI=1S/C20H21ClN2O6/c1-4-28-17-10-13(9-16(21)18(17)25)20(27)29-11(2)19(26)23-15-7-5-14(6-8-15)22-12(3)24/h5-11,25H,4H2,1-3H3,(H,22,24)(H,23,26)/t11-/m0/s1. The minimum atomic E-state index is -1.10. The van der Waals surface area contributed by atoms with Crippen LogP contribution in [0.2, 0.25) is 5.02 Å². The fourth-order valence-electron chi connectivity index (χ4n) is 2.32. The number of carbonyl (C=O) groups excluding carboxylic acids is 3. The SMILES string of the molecule is CCOc1cc(C(=O)O[C@@H](C)C(=O)Nc2ccc(NC(C)=O)cc2)cc(Cl)c1O. The summed E-state index contributed by atoms with van der Waals surface area (Å²) in [4.78, 5) is 35.6. The van der Waals surface area contributed by atoms with Gasteiger partial charge in [0.2, 0.25) is 5.91 Å². The highest BCUT2D eigenvalue weighted by Crippen LogP contribution is 2.35. The maximum atomic E-state index is 12.3. The van der Waals surface area contributed by atoms with Crippen LogP contribution in [0.25, 0.3) is 0 Å². The normalized spacial score (nSPS) is 11.3. The van der Waals surface area contributed by atoms with Crippen molar-refractivity contribution in [2.75, 3.05) is 17.2 Å². The number of phenols is 1. The van der Waals surface area contributed by atoms with Crippen LogP contribution in [0.5, 0.6) is 11.5 Å². The van der Waals surface area contributed by atoms with Crippen molar-refractivity contribution in [1.82, 2.24) is 0 Å². The minimum Gasteiger partial charge on any atom is -0.503 e. The zero-order valence-electron chi connectivity index (χ0n) is 16.1. The summed E-state index contributed by atoms with van der Waals surface area (Å²) >= 11 is 5.91. The van der Waals surface area contributed by atoms with Gasteiger partial charge in [-0.05, 0) is 50.2 Å². The molecule has 8 nitrogen and oxygen atoms in total. The van der Waals surface area contributed by atoms with Gasteiger partial charge in [0.25, 0.3) is 5.91 Å². The fourth-order valence-corrected chi connectivity index (χ4v) is 2.53. The molecule has 2 aromatic carbocycles. The van der Waals surface area contributed by atoms with Crippen LogP contribution in [-0.4, -0.2) is 35.6 Å². The maximum Gasteiger partial charge on any atom is 0.339 e. The summed E-state index contributed by atoms with van der Waals surface area (Å²) in [6.07, 6.45) is -1.10. The Morgan fingerprint density at radius 1 is 1.10 bits per heavy atom. The number of hydrogen-bond donors (Lipinski definition) is 3. The van der Waals surface area contributed by atoms with Crippen LogP contribution in [0.1, 0.15) is 31.1 Å².